The van der Waals surface area contributed by atoms with E-state index in [1.807, 2.05) is 23.9 Å². The molecule has 2 unspecified atom stereocenters. The second-order valence-electron chi connectivity index (χ2n) is 6.21. The third-order valence-corrected chi connectivity index (χ3v) is 6.16. The Bertz CT molecular complexity index is 780. The molecule has 0 spiro atoms. The van der Waals surface area contributed by atoms with Crippen molar-refractivity contribution >= 4 is 35.0 Å². The molecule has 2 aromatic rings. The predicted molar refractivity (Wildman–Crippen MR) is 103 cm³/mol. The van der Waals surface area contributed by atoms with Gasteiger partial charge in [0.05, 0.1) is 4.90 Å². The Morgan fingerprint density at radius 2 is 2.12 bits per heavy atom. The molecule has 4 rings (SSSR count). The fourth-order valence-corrected chi connectivity index (χ4v) is 4.94. The number of benzene rings is 2. The Hall–Kier alpha value is -0.870. The van der Waals surface area contributed by atoms with E-state index in [1.54, 1.807) is 6.07 Å². The van der Waals surface area contributed by atoms with Crippen LogP contribution in [0, 0.1) is 0 Å². The van der Waals surface area contributed by atoms with Crippen LogP contribution < -0.4 is 10.1 Å². The van der Waals surface area contributed by atoms with Crippen molar-refractivity contribution < 1.29 is 4.74 Å². The summed E-state index contributed by atoms with van der Waals surface area (Å²) < 4.78 is 6.32. The normalized spacial score (nSPS) is 22.0. The van der Waals surface area contributed by atoms with Crippen molar-refractivity contribution in [2.45, 2.75) is 30.3 Å². The molecule has 1 fully saturated rings. The number of thioether (sulfide) groups is 1. The number of hydrogen-bond donors (Lipinski definition) is 1. The van der Waals surface area contributed by atoms with Gasteiger partial charge in [0.25, 0.3) is 0 Å². The second kappa shape index (κ2) is 6.80. The summed E-state index contributed by atoms with van der Waals surface area (Å²) in [7, 11) is 0. The van der Waals surface area contributed by atoms with E-state index < -0.39 is 0 Å². The van der Waals surface area contributed by atoms with Crippen LogP contribution in [0.3, 0.4) is 0 Å². The number of halogens is 2. The lowest BCUT2D eigenvalue weighted by atomic mass is 9.89. The highest BCUT2D eigenvalue weighted by Gasteiger charge is 2.38. The maximum atomic E-state index is 6.45. The maximum absolute atomic E-state index is 6.45. The van der Waals surface area contributed by atoms with Crippen molar-refractivity contribution in [1.29, 1.82) is 0 Å². The Balaban J connectivity index is 1.83. The second-order valence-corrected chi connectivity index (χ2v) is 8.35. The highest BCUT2D eigenvalue weighted by atomic mass is 35.5. The molecule has 0 bridgehead atoms. The third kappa shape index (κ3) is 2.92. The van der Waals surface area contributed by atoms with Gasteiger partial charge in [-0.15, -0.1) is 11.8 Å². The molecule has 2 nitrogen and oxygen atoms in total. The first-order valence-electron chi connectivity index (χ1n) is 8.31. The monoisotopic (exact) mass is 379 g/mol. The van der Waals surface area contributed by atoms with E-state index in [4.69, 9.17) is 27.9 Å². The number of piperidine rings is 1. The van der Waals surface area contributed by atoms with Crippen molar-refractivity contribution in [2.75, 3.05) is 18.8 Å². The molecule has 2 aliphatic heterocycles. The van der Waals surface area contributed by atoms with Crippen LogP contribution >= 0.6 is 35.0 Å². The zero-order chi connectivity index (χ0) is 16.7. The smallest absolute Gasteiger partial charge is 0.137 e. The number of hydrogen-bond acceptors (Lipinski definition) is 3. The van der Waals surface area contributed by atoms with Crippen molar-refractivity contribution in [3.05, 3.63) is 45.9 Å². The highest BCUT2D eigenvalue weighted by Crippen LogP contribution is 2.48. The van der Waals surface area contributed by atoms with Crippen LogP contribution in [0.25, 0.3) is 11.1 Å². The van der Waals surface area contributed by atoms with Gasteiger partial charge in [-0.1, -0.05) is 36.2 Å². The minimum absolute atomic E-state index is 0.299. The van der Waals surface area contributed by atoms with Crippen molar-refractivity contribution in [1.82, 2.24) is 5.32 Å². The van der Waals surface area contributed by atoms with Gasteiger partial charge in [-0.3, -0.25) is 0 Å². The summed E-state index contributed by atoms with van der Waals surface area (Å²) in [5, 5.41) is 4.84. The van der Waals surface area contributed by atoms with Crippen LogP contribution in [-0.2, 0) is 0 Å². The molecule has 1 N–H and O–H groups in total. The topological polar surface area (TPSA) is 21.3 Å². The molecule has 1 saturated heterocycles. The SMILES string of the molecule is CCSc1cc(-c2ccc(Cl)cc2Cl)cc2c1OC1CCNCC21. The molecule has 0 amide bonds. The zero-order valence-corrected chi connectivity index (χ0v) is 15.8. The van der Waals surface area contributed by atoms with Crippen LogP contribution in [0.15, 0.2) is 35.2 Å². The Labute approximate surface area is 156 Å². The summed E-state index contributed by atoms with van der Waals surface area (Å²) in [5.41, 5.74) is 3.47. The first kappa shape index (κ1) is 16.6. The molecule has 0 aromatic heterocycles. The fourth-order valence-electron chi connectivity index (χ4n) is 3.60. The molecule has 2 heterocycles. The Morgan fingerprint density at radius 3 is 2.92 bits per heavy atom. The van der Waals surface area contributed by atoms with Crippen molar-refractivity contribution in [2.24, 2.45) is 0 Å². The standard InChI is InChI=1S/C19H19Cl2NOS/c1-2-24-18-8-11(13-4-3-12(20)9-16(13)21)7-14-15-10-22-6-5-17(15)23-19(14)18/h3-4,7-9,15,17,22H,2,5-6,10H2,1H3. The van der Waals surface area contributed by atoms with Crippen molar-refractivity contribution in [3.63, 3.8) is 0 Å². The van der Waals surface area contributed by atoms with Crippen LogP contribution in [0.4, 0.5) is 0 Å². The lowest BCUT2D eigenvalue weighted by Gasteiger charge is -2.24. The molecule has 126 valence electrons. The largest absolute Gasteiger partial charge is 0.488 e. The minimum atomic E-state index is 0.299. The Kier molecular flexibility index (Phi) is 4.70. The van der Waals surface area contributed by atoms with Crippen LogP contribution in [0.1, 0.15) is 24.8 Å². The molecule has 5 heteroatoms. The van der Waals surface area contributed by atoms with Crippen LogP contribution in [-0.4, -0.2) is 24.9 Å². The van der Waals surface area contributed by atoms with E-state index in [0.717, 1.165) is 42.1 Å². The van der Waals surface area contributed by atoms with Crippen LogP contribution in [0.2, 0.25) is 10.0 Å². The first-order chi connectivity index (χ1) is 11.7. The van der Waals surface area contributed by atoms with Gasteiger partial charge in [0, 0.05) is 33.6 Å². The molecular formula is C19H19Cl2NOS. The van der Waals surface area contributed by atoms with E-state index >= 15 is 0 Å². The van der Waals surface area contributed by atoms with Gasteiger partial charge < -0.3 is 10.1 Å². The molecule has 0 saturated carbocycles. The number of nitrogens with one attached hydrogen (secondary N) is 1. The maximum Gasteiger partial charge on any atom is 0.137 e. The Morgan fingerprint density at radius 1 is 1.25 bits per heavy atom. The molecule has 2 aliphatic rings. The first-order valence-corrected chi connectivity index (χ1v) is 10.0. The number of ether oxygens (including phenoxy) is 1. The van der Waals surface area contributed by atoms with Gasteiger partial charge in [-0.2, -0.15) is 0 Å². The van der Waals surface area contributed by atoms with Crippen LogP contribution in [0.5, 0.6) is 5.75 Å². The third-order valence-electron chi connectivity index (χ3n) is 4.71. The summed E-state index contributed by atoms with van der Waals surface area (Å²) in [6.07, 6.45) is 1.36. The molecule has 24 heavy (non-hydrogen) atoms. The van der Waals surface area contributed by atoms with Gasteiger partial charge in [0.2, 0.25) is 0 Å². The molecule has 2 atom stereocenters. The summed E-state index contributed by atoms with van der Waals surface area (Å²) >= 11 is 14.3. The van der Waals surface area contributed by atoms with Gasteiger partial charge >= 0.3 is 0 Å². The van der Waals surface area contributed by atoms with E-state index in [2.05, 4.69) is 24.4 Å². The van der Waals surface area contributed by atoms with Gasteiger partial charge in [0.15, 0.2) is 0 Å². The lowest BCUT2D eigenvalue weighted by molar-refractivity contribution is 0.169. The van der Waals surface area contributed by atoms with E-state index in [9.17, 15) is 0 Å². The minimum Gasteiger partial charge on any atom is -0.488 e. The molecule has 2 aromatic carbocycles. The predicted octanol–water partition coefficient (Wildman–Crippen LogP) is 5.61. The van der Waals surface area contributed by atoms with E-state index in [1.165, 1.54) is 10.5 Å². The molecule has 0 aliphatic carbocycles. The quantitative estimate of drug-likeness (QED) is 0.700. The summed E-state index contributed by atoms with van der Waals surface area (Å²) in [4.78, 5) is 1.21. The number of fused-ring (bicyclic) bond motifs is 3. The van der Waals surface area contributed by atoms with E-state index in [0.29, 0.717) is 22.1 Å². The fraction of sp³-hybridized carbons (Fsp3) is 0.368. The lowest BCUT2D eigenvalue weighted by Crippen LogP contribution is -2.37. The summed E-state index contributed by atoms with van der Waals surface area (Å²) in [6, 6.07) is 10.2. The molecule has 0 radical (unpaired) electrons. The number of rotatable bonds is 3. The highest BCUT2D eigenvalue weighted by molar-refractivity contribution is 7.99. The van der Waals surface area contributed by atoms with Gasteiger partial charge in [-0.05, 0) is 48.5 Å². The van der Waals surface area contributed by atoms with E-state index in [-0.39, 0.29) is 0 Å². The van der Waals surface area contributed by atoms with Gasteiger partial charge in [0.1, 0.15) is 11.9 Å². The zero-order valence-electron chi connectivity index (χ0n) is 13.4. The summed E-state index contributed by atoms with van der Waals surface area (Å²) in [5.74, 6) is 2.52. The molecular weight excluding hydrogens is 361 g/mol. The van der Waals surface area contributed by atoms with Gasteiger partial charge in [-0.25, -0.2) is 0 Å². The average Bonchev–Trinajstić information content (AvgIpc) is 2.94. The summed E-state index contributed by atoms with van der Waals surface area (Å²) in [6.45, 7) is 4.18. The average molecular weight is 380 g/mol. The van der Waals surface area contributed by atoms with Crippen molar-refractivity contribution in [3.8, 4) is 16.9 Å².